The largest absolute Gasteiger partial charge is 0.478 e. The molecule has 18 heavy (non-hydrogen) atoms. The molecule has 0 unspecified atom stereocenters. The van der Waals surface area contributed by atoms with Crippen molar-refractivity contribution >= 4 is 5.97 Å². The van der Waals surface area contributed by atoms with Crippen LogP contribution in [0.4, 0.5) is 0 Å². The van der Waals surface area contributed by atoms with Crippen molar-refractivity contribution in [1.82, 2.24) is 15.2 Å². The van der Waals surface area contributed by atoms with Gasteiger partial charge in [0, 0.05) is 0 Å². The molecule has 2 aromatic rings. The Morgan fingerprint density at radius 3 is 2.56 bits per heavy atom. The molecule has 6 nitrogen and oxygen atoms in total. The summed E-state index contributed by atoms with van der Waals surface area (Å²) in [6, 6.07) is 6.33. The Bertz CT molecular complexity index is 599. The van der Waals surface area contributed by atoms with Gasteiger partial charge in [-0.15, -0.1) is 5.10 Å². The van der Waals surface area contributed by atoms with E-state index in [-0.39, 0.29) is 17.3 Å². The molecule has 0 aliphatic heterocycles. The molecule has 0 saturated carbocycles. The Kier molecular flexibility index (Phi) is 3.18. The highest BCUT2D eigenvalue weighted by Crippen LogP contribution is 2.22. The number of ether oxygens (including phenoxy) is 1. The van der Waals surface area contributed by atoms with Crippen molar-refractivity contribution in [2.75, 3.05) is 0 Å². The molecule has 6 heteroatoms. The normalized spacial score (nSPS) is 10.1. The fourth-order valence-electron chi connectivity index (χ4n) is 1.31. The fraction of sp³-hybridized carbons (Fsp3) is 0.167. The van der Waals surface area contributed by atoms with Crippen LogP contribution in [0.2, 0.25) is 0 Å². The number of aromatic nitrogens is 3. The molecule has 1 N–H and O–H groups in total. The molecule has 0 radical (unpaired) electrons. The van der Waals surface area contributed by atoms with Crippen molar-refractivity contribution in [1.29, 1.82) is 0 Å². The Morgan fingerprint density at radius 2 is 1.89 bits per heavy atom. The van der Waals surface area contributed by atoms with Crippen molar-refractivity contribution < 1.29 is 14.6 Å². The number of hydrogen-bond donors (Lipinski definition) is 1. The maximum Gasteiger partial charge on any atom is 0.341 e. The lowest BCUT2D eigenvalue weighted by atomic mass is 10.2. The van der Waals surface area contributed by atoms with Gasteiger partial charge in [-0.25, -0.2) is 4.79 Å². The van der Waals surface area contributed by atoms with E-state index in [0.29, 0.717) is 11.4 Å². The average Bonchev–Trinajstić information content (AvgIpc) is 2.34. The van der Waals surface area contributed by atoms with Gasteiger partial charge in [-0.1, -0.05) is 17.2 Å². The zero-order valence-electron chi connectivity index (χ0n) is 9.91. The maximum absolute atomic E-state index is 11.0. The summed E-state index contributed by atoms with van der Waals surface area (Å²) in [4.78, 5) is 15.1. The molecule has 1 aromatic carbocycles. The van der Waals surface area contributed by atoms with Gasteiger partial charge in [-0.3, -0.25) is 0 Å². The second kappa shape index (κ2) is 4.79. The van der Waals surface area contributed by atoms with Crippen molar-refractivity contribution in [3.8, 4) is 11.8 Å². The molecular weight excluding hydrogens is 234 g/mol. The number of benzene rings is 1. The number of carbonyl (C=O) groups is 1. The molecule has 0 bridgehead atoms. The highest BCUT2D eigenvalue weighted by molar-refractivity contribution is 5.90. The predicted molar refractivity (Wildman–Crippen MR) is 62.8 cm³/mol. The summed E-state index contributed by atoms with van der Waals surface area (Å²) in [5.41, 5.74) is 1.45. The zero-order chi connectivity index (χ0) is 13.1. The number of para-hydroxylation sites is 1. The third kappa shape index (κ3) is 2.42. The van der Waals surface area contributed by atoms with E-state index in [4.69, 9.17) is 9.84 Å². The number of nitrogens with zero attached hydrogens (tertiary/aromatic N) is 3. The number of aromatic carboxylic acids is 1. The number of hydrogen-bond acceptors (Lipinski definition) is 5. The van der Waals surface area contributed by atoms with Crippen molar-refractivity contribution in [3.63, 3.8) is 0 Å². The molecule has 92 valence electrons. The third-order valence-corrected chi connectivity index (χ3v) is 2.39. The molecule has 0 atom stereocenters. The smallest absolute Gasteiger partial charge is 0.341 e. The number of aryl methyl sites for hydroxylation is 2. The first-order valence-corrected chi connectivity index (χ1v) is 5.26. The SMILES string of the molecule is Cc1nnc(Oc2ccccc2C(=O)O)nc1C. The van der Waals surface area contributed by atoms with Crippen LogP contribution in [0.1, 0.15) is 21.7 Å². The lowest BCUT2D eigenvalue weighted by Crippen LogP contribution is -2.03. The molecule has 0 fully saturated rings. The Morgan fingerprint density at radius 1 is 1.17 bits per heavy atom. The van der Waals surface area contributed by atoms with Gasteiger partial charge in [0.1, 0.15) is 11.3 Å². The average molecular weight is 245 g/mol. The van der Waals surface area contributed by atoms with E-state index in [9.17, 15) is 4.79 Å². The monoisotopic (exact) mass is 245 g/mol. The molecular formula is C12H11N3O3. The zero-order valence-corrected chi connectivity index (χ0v) is 9.91. The summed E-state index contributed by atoms with van der Waals surface area (Å²) in [5, 5.41) is 16.6. The Hall–Kier alpha value is -2.50. The van der Waals surface area contributed by atoms with E-state index in [1.54, 1.807) is 32.0 Å². The quantitative estimate of drug-likeness (QED) is 0.889. The molecule has 1 aromatic heterocycles. The van der Waals surface area contributed by atoms with Crippen LogP contribution < -0.4 is 4.74 Å². The number of carboxylic acid groups (broad SMARTS) is 1. The van der Waals surface area contributed by atoms with Gasteiger partial charge < -0.3 is 9.84 Å². The van der Waals surface area contributed by atoms with Crippen LogP contribution in [0.3, 0.4) is 0 Å². The Balaban J connectivity index is 2.34. The molecule has 0 saturated heterocycles. The standard InChI is InChI=1S/C12H11N3O3/c1-7-8(2)14-15-12(13-7)18-10-6-4-3-5-9(10)11(16)17/h3-6H,1-2H3,(H,16,17). The molecule has 0 aliphatic rings. The first-order chi connectivity index (χ1) is 8.58. The van der Waals surface area contributed by atoms with Gasteiger partial charge in [-0.2, -0.15) is 4.98 Å². The lowest BCUT2D eigenvalue weighted by molar-refractivity contribution is 0.0694. The van der Waals surface area contributed by atoms with Crippen LogP contribution >= 0.6 is 0 Å². The molecule has 0 amide bonds. The van der Waals surface area contributed by atoms with Crippen molar-refractivity contribution in [2.24, 2.45) is 0 Å². The Labute approximate surface area is 103 Å². The van der Waals surface area contributed by atoms with Crippen molar-refractivity contribution in [3.05, 3.63) is 41.2 Å². The van der Waals surface area contributed by atoms with Crippen LogP contribution in [0.5, 0.6) is 11.8 Å². The van der Waals surface area contributed by atoms with Crippen LogP contribution in [0.15, 0.2) is 24.3 Å². The van der Waals surface area contributed by atoms with Crippen LogP contribution in [-0.2, 0) is 0 Å². The predicted octanol–water partition coefficient (Wildman–Crippen LogP) is 1.98. The first-order valence-electron chi connectivity index (χ1n) is 5.26. The van der Waals surface area contributed by atoms with Crippen LogP contribution in [0.25, 0.3) is 0 Å². The molecule has 0 aliphatic carbocycles. The third-order valence-electron chi connectivity index (χ3n) is 2.39. The van der Waals surface area contributed by atoms with E-state index in [1.807, 2.05) is 0 Å². The van der Waals surface area contributed by atoms with Crippen LogP contribution in [-0.4, -0.2) is 26.3 Å². The summed E-state index contributed by atoms with van der Waals surface area (Å²) in [6.45, 7) is 3.56. The lowest BCUT2D eigenvalue weighted by Gasteiger charge is -2.07. The summed E-state index contributed by atoms with van der Waals surface area (Å²) >= 11 is 0. The summed E-state index contributed by atoms with van der Waals surface area (Å²) < 4.78 is 5.34. The van der Waals surface area contributed by atoms with Gasteiger partial charge >= 0.3 is 12.0 Å². The van der Waals surface area contributed by atoms with E-state index >= 15 is 0 Å². The highest BCUT2D eigenvalue weighted by atomic mass is 16.5. The van der Waals surface area contributed by atoms with E-state index in [0.717, 1.165) is 0 Å². The van der Waals surface area contributed by atoms with Crippen molar-refractivity contribution in [2.45, 2.75) is 13.8 Å². The summed E-state index contributed by atoms with van der Waals surface area (Å²) in [7, 11) is 0. The second-order valence-corrected chi connectivity index (χ2v) is 3.67. The number of rotatable bonds is 3. The molecule has 1 heterocycles. The maximum atomic E-state index is 11.0. The van der Waals surface area contributed by atoms with E-state index < -0.39 is 5.97 Å². The highest BCUT2D eigenvalue weighted by Gasteiger charge is 2.12. The summed E-state index contributed by atoms with van der Waals surface area (Å²) in [5.74, 6) is -0.877. The minimum absolute atomic E-state index is 0.0341. The van der Waals surface area contributed by atoms with Gasteiger partial charge in [0.25, 0.3) is 0 Å². The minimum atomic E-state index is -1.07. The van der Waals surface area contributed by atoms with E-state index in [2.05, 4.69) is 15.2 Å². The van der Waals surface area contributed by atoms with Gasteiger partial charge in [0.05, 0.1) is 11.4 Å². The molecule has 0 spiro atoms. The van der Waals surface area contributed by atoms with Gasteiger partial charge in [0.2, 0.25) is 0 Å². The second-order valence-electron chi connectivity index (χ2n) is 3.67. The van der Waals surface area contributed by atoms with Gasteiger partial charge in [0.15, 0.2) is 0 Å². The van der Waals surface area contributed by atoms with Gasteiger partial charge in [-0.05, 0) is 26.0 Å². The summed E-state index contributed by atoms with van der Waals surface area (Å²) in [6.07, 6.45) is 0. The van der Waals surface area contributed by atoms with E-state index in [1.165, 1.54) is 6.07 Å². The first kappa shape index (κ1) is 12.0. The number of carboxylic acids is 1. The topological polar surface area (TPSA) is 85.2 Å². The molecule has 2 rings (SSSR count). The fourth-order valence-corrected chi connectivity index (χ4v) is 1.31. The van der Waals surface area contributed by atoms with Crippen LogP contribution in [0, 0.1) is 13.8 Å². The minimum Gasteiger partial charge on any atom is -0.478 e.